The van der Waals surface area contributed by atoms with Crippen LogP contribution in [0.3, 0.4) is 0 Å². The van der Waals surface area contributed by atoms with E-state index in [9.17, 15) is 27.9 Å². The van der Waals surface area contributed by atoms with E-state index in [-0.39, 0.29) is 24.2 Å². The van der Waals surface area contributed by atoms with Crippen molar-refractivity contribution in [1.82, 2.24) is 4.90 Å². The van der Waals surface area contributed by atoms with E-state index in [1.165, 1.54) is 6.07 Å². The fraction of sp³-hybridized carbons (Fsp3) is 0.333. The maximum atomic E-state index is 13.7. The van der Waals surface area contributed by atoms with Crippen molar-refractivity contribution in [2.45, 2.75) is 63.3 Å². The first kappa shape index (κ1) is 33.9. The van der Waals surface area contributed by atoms with Crippen LogP contribution in [0.4, 0.5) is 13.2 Å². The highest BCUT2D eigenvalue weighted by molar-refractivity contribution is 6.01. The molecule has 1 heterocycles. The summed E-state index contributed by atoms with van der Waals surface area (Å²) in [4.78, 5) is 29.2. The maximum absolute atomic E-state index is 13.7. The normalized spacial score (nSPS) is 16.1. The van der Waals surface area contributed by atoms with Gasteiger partial charge in [0.05, 0.1) is 24.8 Å². The predicted molar refractivity (Wildman–Crippen MR) is 175 cm³/mol. The smallest absolute Gasteiger partial charge is 0.416 e. The Bertz CT molecular complexity index is 1640. The van der Waals surface area contributed by atoms with Gasteiger partial charge < -0.3 is 14.7 Å². The van der Waals surface area contributed by atoms with Gasteiger partial charge in [0.2, 0.25) is 0 Å². The molecule has 5 nitrogen and oxygen atoms in total. The van der Waals surface area contributed by atoms with E-state index in [4.69, 9.17) is 4.74 Å². The Morgan fingerprint density at radius 3 is 2.32 bits per heavy atom. The van der Waals surface area contributed by atoms with Gasteiger partial charge in [-0.15, -0.1) is 0 Å². The molecule has 1 aliphatic heterocycles. The summed E-state index contributed by atoms with van der Waals surface area (Å²) in [5.74, 6) is 0.0325. The standard InChI is InChI=1S/C39H40F3NO4/c1-47-34-20-18-29(19-21-34)35-16-8-22-43(35)38(46)31-14-7-13-30(25-31)37(45)26-32(23-27-9-3-2-4-10-27)36(44)17-6-12-28-11-5-15-33(24-28)39(40,41)42/h2-5,7,9-11,13-15,18-21,24-25,32,35-36,44H,6,8,12,16-17,22-23,26H2,1H3/t32-,35?,36-/m1/s1. The quantitative estimate of drug-likeness (QED) is 0.148. The summed E-state index contributed by atoms with van der Waals surface area (Å²) in [6.45, 7) is 0.625. The zero-order valence-electron chi connectivity index (χ0n) is 26.5. The number of rotatable bonds is 13. The molecule has 5 rings (SSSR count). The van der Waals surface area contributed by atoms with Crippen molar-refractivity contribution in [3.63, 3.8) is 0 Å². The number of methoxy groups -OCH3 is 1. The van der Waals surface area contributed by atoms with E-state index in [2.05, 4.69) is 0 Å². The molecule has 0 radical (unpaired) electrons. The van der Waals surface area contributed by atoms with Crippen LogP contribution < -0.4 is 4.74 Å². The van der Waals surface area contributed by atoms with Gasteiger partial charge in [-0.1, -0.05) is 72.8 Å². The van der Waals surface area contributed by atoms with Crippen molar-refractivity contribution in [2.24, 2.45) is 5.92 Å². The Morgan fingerprint density at radius 1 is 0.894 bits per heavy atom. The maximum Gasteiger partial charge on any atom is 0.416 e. The molecule has 0 saturated carbocycles. The van der Waals surface area contributed by atoms with Crippen LogP contribution in [-0.4, -0.2) is 41.5 Å². The van der Waals surface area contributed by atoms with E-state index in [0.29, 0.717) is 48.9 Å². The van der Waals surface area contributed by atoms with Gasteiger partial charge in [-0.2, -0.15) is 13.2 Å². The number of aliphatic hydroxyl groups excluding tert-OH is 1. The SMILES string of the molecule is COc1ccc(C2CCCN2C(=O)c2cccc(C(=O)C[C@@H](Cc3ccccc3)[C@H](O)CCCc3cccc(C(F)(F)F)c3)c2)cc1. The van der Waals surface area contributed by atoms with Crippen LogP contribution in [0.25, 0.3) is 0 Å². The molecule has 0 aliphatic carbocycles. The van der Waals surface area contributed by atoms with Crippen molar-refractivity contribution < 1.29 is 32.6 Å². The van der Waals surface area contributed by atoms with E-state index in [0.717, 1.165) is 41.9 Å². The van der Waals surface area contributed by atoms with Crippen molar-refractivity contribution >= 4 is 11.7 Å². The highest BCUT2D eigenvalue weighted by atomic mass is 19.4. The summed E-state index contributed by atoms with van der Waals surface area (Å²) in [5.41, 5.74) is 2.73. The van der Waals surface area contributed by atoms with Crippen molar-refractivity contribution in [1.29, 1.82) is 0 Å². The monoisotopic (exact) mass is 643 g/mol. The number of aryl methyl sites for hydroxylation is 1. The van der Waals surface area contributed by atoms with Crippen molar-refractivity contribution in [2.75, 3.05) is 13.7 Å². The first-order chi connectivity index (χ1) is 22.6. The van der Waals surface area contributed by atoms with Crippen LogP contribution in [0.2, 0.25) is 0 Å². The molecule has 4 aromatic rings. The second-order valence-electron chi connectivity index (χ2n) is 12.2. The molecule has 1 saturated heterocycles. The lowest BCUT2D eigenvalue weighted by molar-refractivity contribution is -0.137. The summed E-state index contributed by atoms with van der Waals surface area (Å²) >= 11 is 0. The Morgan fingerprint density at radius 2 is 1.60 bits per heavy atom. The number of alkyl halides is 3. The number of carbonyl (C=O) groups is 2. The second-order valence-corrected chi connectivity index (χ2v) is 12.2. The number of aliphatic hydroxyl groups is 1. The van der Waals surface area contributed by atoms with Crippen molar-refractivity contribution in [3.8, 4) is 5.75 Å². The molecule has 4 aromatic carbocycles. The fourth-order valence-corrected chi connectivity index (χ4v) is 6.45. The lowest BCUT2D eigenvalue weighted by Crippen LogP contribution is -2.30. The molecule has 0 bridgehead atoms. The molecule has 246 valence electrons. The number of nitrogens with zero attached hydrogens (tertiary/aromatic N) is 1. The predicted octanol–water partition coefficient (Wildman–Crippen LogP) is 8.51. The topological polar surface area (TPSA) is 66.8 Å². The Kier molecular flexibility index (Phi) is 11.1. The lowest BCUT2D eigenvalue weighted by Gasteiger charge is -2.26. The van der Waals surface area contributed by atoms with Crippen LogP contribution in [0, 0.1) is 5.92 Å². The third-order valence-electron chi connectivity index (χ3n) is 9.00. The van der Waals surface area contributed by atoms with Crippen LogP contribution in [0.1, 0.15) is 81.1 Å². The fourth-order valence-electron chi connectivity index (χ4n) is 6.45. The minimum Gasteiger partial charge on any atom is -0.497 e. The minimum atomic E-state index is -4.41. The minimum absolute atomic E-state index is 0.0610. The van der Waals surface area contributed by atoms with Crippen LogP contribution >= 0.6 is 0 Å². The number of hydrogen-bond acceptors (Lipinski definition) is 4. The number of benzene rings is 4. The molecule has 1 N–H and O–H groups in total. The van der Waals surface area contributed by atoms with Crippen LogP contribution in [0.5, 0.6) is 5.75 Å². The Hall–Kier alpha value is -4.43. The van der Waals surface area contributed by atoms with Crippen molar-refractivity contribution in [3.05, 3.63) is 137 Å². The van der Waals surface area contributed by atoms with Gasteiger partial charge >= 0.3 is 6.18 Å². The van der Waals surface area contributed by atoms with Gasteiger partial charge in [-0.3, -0.25) is 9.59 Å². The molecule has 47 heavy (non-hydrogen) atoms. The van der Waals surface area contributed by atoms with Gasteiger partial charge in [-0.25, -0.2) is 0 Å². The van der Waals surface area contributed by atoms with Gasteiger partial charge in [0.25, 0.3) is 5.91 Å². The Balaban J connectivity index is 1.27. The molecule has 0 spiro atoms. The lowest BCUT2D eigenvalue weighted by atomic mass is 9.85. The molecule has 3 atom stereocenters. The van der Waals surface area contributed by atoms with E-state index >= 15 is 0 Å². The van der Waals surface area contributed by atoms with Gasteiger partial charge in [0.1, 0.15) is 5.75 Å². The zero-order valence-corrected chi connectivity index (χ0v) is 26.5. The molecule has 1 aliphatic rings. The highest BCUT2D eigenvalue weighted by Crippen LogP contribution is 2.34. The molecular formula is C39H40F3NO4. The van der Waals surface area contributed by atoms with Crippen LogP contribution in [-0.2, 0) is 19.0 Å². The number of ether oxygens (including phenoxy) is 1. The number of carbonyl (C=O) groups excluding carboxylic acids is 2. The number of halogens is 3. The number of hydrogen-bond donors (Lipinski definition) is 1. The first-order valence-corrected chi connectivity index (χ1v) is 16.1. The number of amides is 1. The summed E-state index contributed by atoms with van der Waals surface area (Å²) in [6.07, 6.45) is -1.81. The number of Topliss-reactive ketones (excluding diaryl/α,β-unsaturated/α-hetero) is 1. The zero-order chi connectivity index (χ0) is 33.4. The molecule has 1 fully saturated rings. The highest BCUT2D eigenvalue weighted by Gasteiger charge is 2.32. The number of likely N-dealkylation sites (tertiary alicyclic amines) is 1. The summed E-state index contributed by atoms with van der Waals surface area (Å²) in [5, 5.41) is 11.3. The van der Waals surface area contributed by atoms with Gasteiger partial charge in [0, 0.05) is 24.1 Å². The first-order valence-electron chi connectivity index (χ1n) is 16.1. The molecule has 1 amide bonds. The summed E-state index contributed by atoms with van der Waals surface area (Å²) < 4.78 is 44.7. The van der Waals surface area contributed by atoms with E-state index in [1.54, 1.807) is 37.4 Å². The molecule has 0 aromatic heterocycles. The largest absolute Gasteiger partial charge is 0.497 e. The number of ketones is 1. The summed E-state index contributed by atoms with van der Waals surface area (Å²) in [6, 6.07) is 29.3. The molecular weight excluding hydrogens is 603 g/mol. The third kappa shape index (κ3) is 8.89. The third-order valence-corrected chi connectivity index (χ3v) is 9.00. The average Bonchev–Trinajstić information content (AvgIpc) is 3.58. The second kappa shape index (κ2) is 15.4. The van der Waals surface area contributed by atoms with E-state index in [1.807, 2.05) is 59.5 Å². The summed E-state index contributed by atoms with van der Waals surface area (Å²) in [7, 11) is 1.62. The molecule has 1 unspecified atom stereocenters. The van der Waals surface area contributed by atoms with Crippen LogP contribution in [0.15, 0.2) is 103 Å². The average molecular weight is 644 g/mol. The van der Waals surface area contributed by atoms with Gasteiger partial charge in [-0.05, 0) is 91.5 Å². The van der Waals surface area contributed by atoms with E-state index < -0.39 is 23.8 Å². The molecule has 8 heteroatoms. The Labute approximate surface area is 274 Å². The van der Waals surface area contributed by atoms with Gasteiger partial charge in [0.15, 0.2) is 5.78 Å².